The van der Waals surface area contributed by atoms with Gasteiger partial charge in [-0.25, -0.2) is 29.9 Å². The third-order valence-electron chi connectivity index (χ3n) is 19.0. The predicted molar refractivity (Wildman–Crippen MR) is 518 cm³/mol. The van der Waals surface area contributed by atoms with Crippen molar-refractivity contribution in [3.63, 3.8) is 0 Å². The molecular formula is C87H132Cl3N27O6. The lowest BCUT2D eigenvalue weighted by molar-refractivity contribution is -0.384. The van der Waals surface area contributed by atoms with Crippen LogP contribution in [-0.4, -0.2) is 346 Å². The number of aromatic nitrogens is 7. The van der Waals surface area contributed by atoms with E-state index in [1.165, 1.54) is 30.3 Å². The number of nitrogen functional groups attached to an aromatic ring is 1. The number of benzene rings is 5. The maximum Gasteiger partial charge on any atom is 0.335 e. The number of nitro groups is 3. The van der Waals surface area contributed by atoms with Crippen LogP contribution in [0.3, 0.4) is 0 Å². The van der Waals surface area contributed by atoms with Crippen molar-refractivity contribution < 1.29 is 14.8 Å². The first-order valence-electron chi connectivity index (χ1n) is 40.8. The molecule has 0 atom stereocenters. The number of likely N-dealkylation sites (N-methyl/N-ethyl adjacent to an activating group) is 11. The molecule has 0 radical (unpaired) electrons. The largest absolute Gasteiger partial charge is 0.394 e. The van der Waals surface area contributed by atoms with E-state index in [1.54, 1.807) is 36.4 Å². The van der Waals surface area contributed by atoms with Crippen LogP contribution in [0.25, 0.3) is 65.5 Å². The highest BCUT2D eigenvalue weighted by molar-refractivity contribution is 6.41. The normalized spacial score (nSPS) is 11.2. The van der Waals surface area contributed by atoms with Gasteiger partial charge in [-0.1, -0.05) is 139 Å². The molecule has 0 aliphatic carbocycles. The molecule has 5 aromatic carbocycles. The first-order valence-corrected chi connectivity index (χ1v) is 41.9. The summed E-state index contributed by atoms with van der Waals surface area (Å²) in [6.45, 7) is 16.8. The van der Waals surface area contributed by atoms with Crippen molar-refractivity contribution in [2.24, 2.45) is 5.73 Å². The second-order valence-corrected chi connectivity index (χ2v) is 33.0. The molecule has 0 amide bonds. The zero-order valence-electron chi connectivity index (χ0n) is 76.1. The van der Waals surface area contributed by atoms with Crippen LogP contribution < -0.4 is 42.1 Å². The summed E-state index contributed by atoms with van der Waals surface area (Å²) in [4.78, 5) is 84.5. The molecule has 11 rings (SSSR count). The molecule has 123 heavy (non-hydrogen) atoms. The minimum Gasteiger partial charge on any atom is -0.394 e. The molecule has 672 valence electrons. The van der Waals surface area contributed by atoms with Crippen LogP contribution in [-0.2, 0) is 6.54 Å². The lowest BCUT2D eigenvalue weighted by atomic mass is 10.1. The highest BCUT2D eigenvalue weighted by Crippen LogP contribution is 2.42. The van der Waals surface area contributed by atoms with Crippen LogP contribution in [0.5, 0.6) is 0 Å². The predicted octanol–water partition coefficient (Wildman–Crippen LogP) is 13.1. The van der Waals surface area contributed by atoms with Gasteiger partial charge in [-0.05, 0) is 170 Å². The summed E-state index contributed by atoms with van der Waals surface area (Å²) >= 11 is 17.5. The molecule has 0 unspecified atom stereocenters. The highest BCUT2D eigenvalue weighted by Gasteiger charge is 2.29. The minimum atomic E-state index is -0.635. The van der Waals surface area contributed by atoms with Crippen LogP contribution in [0.2, 0.25) is 15.3 Å². The molecule has 0 saturated heterocycles. The number of anilines is 7. The number of pyridine rings is 5. The van der Waals surface area contributed by atoms with Crippen molar-refractivity contribution in [2.45, 2.75) is 26.3 Å². The summed E-state index contributed by atoms with van der Waals surface area (Å²) < 4.78 is 2.25. The standard InChI is InChI=1S/C19H28N6.C18H28N6O2.C18H30N6.C13H15ClN4O2.C9H4Cl2N2O2.C6H15N.C4H12N2/c1-22(2)10-12-24(5)19-17-18(15-8-6-7-9-16(15)21-19)25(14-20-17)13-11-23(3)4;1-21(2)11-10-19-16-14-8-6-7-9-15(14)20-18(17(16)24(25)26)23(5)13-12-22(3)4;1-22(2)11-10-20-17-14-8-6-7-9-15(14)21-18(16(17)19)24(5)13-12-23(3)4;1-17(2)8-7-15-11-9-5-3-4-6-10(9)16-13(14)12(11)18(19)20;10-7-5-3-1-2-4-6(5)12-9(11)8(7)13(14)15;1-4-5-6-7(2)3;1-6(2)4-3-5/h6-9,14H,10-13H2,1-5H3;6-9H,10-13H2,1-5H3,(H,19,20);6-9H,10-13,19H2,1-5H3,(H,20,21);3-6H,7-8H2,1-2H3,(H,15,16);1-4H;4-6H2,1-3H3;3-5H2,1-2H3. The van der Waals surface area contributed by atoms with Gasteiger partial charge in [0.2, 0.25) is 16.1 Å². The Morgan fingerprint density at radius 2 is 0.699 bits per heavy atom. The minimum absolute atomic E-state index is 0.0237. The Balaban J connectivity index is 0.000000265. The van der Waals surface area contributed by atoms with Gasteiger partial charge in [-0.15, -0.1) is 0 Å². The molecule has 0 aliphatic rings. The fourth-order valence-corrected chi connectivity index (χ4v) is 13.0. The van der Waals surface area contributed by atoms with Crippen molar-refractivity contribution in [2.75, 3.05) is 289 Å². The van der Waals surface area contributed by atoms with Gasteiger partial charge in [-0.2, -0.15) is 0 Å². The van der Waals surface area contributed by atoms with Gasteiger partial charge in [-0.3, -0.25) is 30.3 Å². The molecular weight excluding hydrogens is 1630 g/mol. The number of unbranched alkanes of at least 4 members (excludes halogenated alkanes) is 1. The zero-order valence-corrected chi connectivity index (χ0v) is 78.4. The van der Waals surface area contributed by atoms with Crippen LogP contribution in [0.1, 0.15) is 19.8 Å². The summed E-state index contributed by atoms with van der Waals surface area (Å²) in [7, 11) is 42.6. The van der Waals surface area contributed by atoms with Gasteiger partial charge in [0.25, 0.3) is 0 Å². The van der Waals surface area contributed by atoms with Gasteiger partial charge >= 0.3 is 17.1 Å². The van der Waals surface area contributed by atoms with E-state index >= 15 is 0 Å². The number of para-hydroxylation sites is 5. The average Bonchev–Trinajstić information content (AvgIpc) is 1.01. The van der Waals surface area contributed by atoms with E-state index in [9.17, 15) is 30.3 Å². The van der Waals surface area contributed by atoms with E-state index in [2.05, 4.69) is 183 Å². The van der Waals surface area contributed by atoms with Crippen LogP contribution in [0, 0.1) is 30.3 Å². The molecule has 0 saturated carbocycles. The average molecular weight is 1760 g/mol. The first kappa shape index (κ1) is 103. The number of fused-ring (bicyclic) bond motifs is 7. The fourth-order valence-electron chi connectivity index (χ4n) is 12.1. The van der Waals surface area contributed by atoms with Gasteiger partial charge in [0.1, 0.15) is 21.9 Å². The molecule has 7 N–H and O–H groups in total. The van der Waals surface area contributed by atoms with Crippen LogP contribution in [0.4, 0.5) is 57.3 Å². The van der Waals surface area contributed by atoms with Crippen molar-refractivity contribution in [3.8, 4) is 0 Å². The lowest BCUT2D eigenvalue weighted by Crippen LogP contribution is -2.30. The summed E-state index contributed by atoms with van der Waals surface area (Å²) in [5.74, 6) is 2.19. The first-order chi connectivity index (χ1) is 58.3. The van der Waals surface area contributed by atoms with E-state index in [-0.39, 0.29) is 37.3 Å². The maximum atomic E-state index is 11.9. The second-order valence-electron chi connectivity index (χ2n) is 31.9. The molecule has 0 aliphatic heterocycles. The quantitative estimate of drug-likeness (QED) is 0.0140. The Kier molecular flexibility index (Phi) is 44.1. The number of hydrogen-bond acceptors (Lipinski definition) is 29. The van der Waals surface area contributed by atoms with Crippen molar-refractivity contribution >= 4 is 158 Å². The van der Waals surface area contributed by atoms with E-state index < -0.39 is 9.85 Å². The highest BCUT2D eigenvalue weighted by atomic mass is 35.5. The van der Waals surface area contributed by atoms with Crippen LogP contribution in [0.15, 0.2) is 128 Å². The monoisotopic (exact) mass is 1760 g/mol. The smallest absolute Gasteiger partial charge is 0.335 e. The number of nitrogens with zero attached hydrogens (tertiary/aromatic N) is 22. The number of rotatable bonds is 35. The van der Waals surface area contributed by atoms with Crippen molar-refractivity contribution in [3.05, 3.63) is 173 Å². The Morgan fingerprint density at radius 1 is 0.374 bits per heavy atom. The third kappa shape index (κ3) is 32.8. The SMILES string of the molecule is CCCCN(C)C.CN(C)CCN.CN(C)CCN(C)c1nc2ccccc2c2c1ncn2CCN(C)C.CN(C)CCNc1c(N)c(N(C)CCN(C)C)nc2ccccc12.CN(C)CCNc1c([N+](=O)[O-])c(Cl)nc2ccccc12.CN(C)CCNc1c([N+](=O)[O-])c(N(C)CCN(C)C)nc2ccccc12.O=[N+]([O-])c1c(Cl)nc2ccccc2c1Cl. The Labute approximate surface area is 741 Å². The van der Waals surface area contributed by atoms with E-state index in [4.69, 9.17) is 61.2 Å². The number of nitrogens with one attached hydrogen (secondary N) is 3. The molecule has 6 heterocycles. The van der Waals surface area contributed by atoms with E-state index in [1.807, 2.05) is 157 Å². The Morgan fingerprint density at radius 3 is 1.09 bits per heavy atom. The number of halogens is 3. The molecule has 36 heteroatoms. The second kappa shape index (κ2) is 52.5. The van der Waals surface area contributed by atoms with Crippen molar-refractivity contribution in [1.82, 2.24) is 78.6 Å². The van der Waals surface area contributed by atoms with Gasteiger partial charge in [0.05, 0.1) is 65.6 Å². The van der Waals surface area contributed by atoms with Gasteiger partial charge in [0, 0.05) is 153 Å². The zero-order chi connectivity index (χ0) is 91.3. The molecule has 0 fully saturated rings. The maximum absolute atomic E-state index is 11.9. The molecule has 33 nitrogen and oxygen atoms in total. The topological polar surface area (TPSA) is 339 Å². The molecule has 0 spiro atoms. The van der Waals surface area contributed by atoms with E-state index in [0.717, 1.165) is 135 Å². The summed E-state index contributed by atoms with van der Waals surface area (Å²) in [5.41, 5.74) is 19.9. The van der Waals surface area contributed by atoms with Crippen LogP contribution >= 0.6 is 34.8 Å². The molecule has 0 bridgehead atoms. The lowest BCUT2D eigenvalue weighted by Gasteiger charge is -2.24. The molecule has 6 aromatic heterocycles. The van der Waals surface area contributed by atoms with E-state index in [0.29, 0.717) is 64.3 Å². The third-order valence-corrected chi connectivity index (χ3v) is 19.9. The Hall–Kier alpha value is -10.1. The van der Waals surface area contributed by atoms with Gasteiger partial charge < -0.3 is 90.8 Å². The summed E-state index contributed by atoms with van der Waals surface area (Å²) in [6.07, 6.45) is 4.58. The fraction of sp³-hybridized carbons (Fsp3) is 0.471. The number of hydrogen-bond donors (Lipinski definition) is 5. The Bertz CT molecular complexity index is 5120. The summed E-state index contributed by atoms with van der Waals surface area (Å²) in [6, 6.07) is 38.1. The summed E-state index contributed by atoms with van der Waals surface area (Å²) in [5, 5.41) is 47.6. The van der Waals surface area contributed by atoms with Crippen molar-refractivity contribution in [1.29, 1.82) is 0 Å². The number of nitrogens with two attached hydrogens (primary N) is 2. The number of imidazole rings is 1. The molecule has 11 aromatic rings. The van der Waals surface area contributed by atoms with Gasteiger partial charge in [0.15, 0.2) is 11.6 Å².